The number of carbonyl (C=O) groups is 2. The summed E-state index contributed by atoms with van der Waals surface area (Å²) in [5.41, 5.74) is -0.992. The fourth-order valence-corrected chi connectivity index (χ4v) is 2.32. The van der Waals surface area contributed by atoms with Crippen molar-refractivity contribution in [3.8, 4) is 0 Å². The van der Waals surface area contributed by atoms with Crippen LogP contribution in [0.25, 0.3) is 0 Å². The molecular formula is C19H34BNO6. The van der Waals surface area contributed by atoms with Crippen LogP contribution in [0.3, 0.4) is 0 Å². The summed E-state index contributed by atoms with van der Waals surface area (Å²) < 4.78 is 22.5. The average molecular weight is 383 g/mol. The molecule has 0 saturated carbocycles. The van der Waals surface area contributed by atoms with E-state index < -0.39 is 36.0 Å². The molecule has 0 bridgehead atoms. The van der Waals surface area contributed by atoms with Gasteiger partial charge in [-0.05, 0) is 67.3 Å². The third-order valence-corrected chi connectivity index (χ3v) is 4.59. The Hall–Kier alpha value is -1.54. The van der Waals surface area contributed by atoms with Crippen molar-refractivity contribution < 1.29 is 28.4 Å². The molecular weight excluding hydrogens is 349 g/mol. The number of rotatable bonds is 6. The lowest BCUT2D eigenvalue weighted by molar-refractivity contribution is -0.137. The summed E-state index contributed by atoms with van der Waals surface area (Å²) in [6.07, 6.45) is 1.37. The van der Waals surface area contributed by atoms with Crippen molar-refractivity contribution in [1.29, 1.82) is 0 Å². The summed E-state index contributed by atoms with van der Waals surface area (Å²) in [7, 11) is 0.978. The molecule has 0 aliphatic carbocycles. The first kappa shape index (κ1) is 23.5. The first-order valence-electron chi connectivity index (χ1n) is 9.35. The lowest BCUT2D eigenvalue weighted by Crippen LogP contribution is -2.41. The van der Waals surface area contributed by atoms with Crippen LogP contribution in [-0.2, 0) is 23.6 Å². The van der Waals surface area contributed by atoms with Gasteiger partial charge >= 0.3 is 19.2 Å². The lowest BCUT2D eigenvalue weighted by Gasteiger charge is -2.32. The molecule has 1 amide bonds. The molecule has 0 spiro atoms. The topological polar surface area (TPSA) is 74.3 Å². The smallest absolute Gasteiger partial charge is 0.463 e. The zero-order chi connectivity index (χ0) is 21.0. The number of hydrogen-bond acceptors (Lipinski definition) is 6. The predicted molar refractivity (Wildman–Crippen MR) is 104 cm³/mol. The maximum atomic E-state index is 12.2. The molecule has 0 aromatic heterocycles. The fourth-order valence-electron chi connectivity index (χ4n) is 2.32. The van der Waals surface area contributed by atoms with Gasteiger partial charge in [0.2, 0.25) is 0 Å². The van der Waals surface area contributed by atoms with E-state index in [4.69, 9.17) is 18.8 Å². The quantitative estimate of drug-likeness (QED) is 0.398. The van der Waals surface area contributed by atoms with E-state index in [1.54, 1.807) is 14.0 Å². The maximum absolute atomic E-state index is 12.2. The lowest BCUT2D eigenvalue weighted by atomic mass is 9.75. The van der Waals surface area contributed by atoms with Gasteiger partial charge in [-0.3, -0.25) is 0 Å². The van der Waals surface area contributed by atoms with Crippen LogP contribution in [-0.4, -0.2) is 61.1 Å². The van der Waals surface area contributed by atoms with Gasteiger partial charge in [-0.15, -0.1) is 0 Å². The number of ether oxygens (including phenoxy) is 2. The van der Waals surface area contributed by atoms with Crippen LogP contribution >= 0.6 is 0 Å². The van der Waals surface area contributed by atoms with Crippen LogP contribution in [0.5, 0.6) is 0 Å². The minimum Gasteiger partial charge on any atom is -0.463 e. The van der Waals surface area contributed by atoms with Crippen molar-refractivity contribution >= 4 is 19.2 Å². The second kappa shape index (κ2) is 8.65. The van der Waals surface area contributed by atoms with Crippen molar-refractivity contribution in [2.24, 2.45) is 0 Å². The van der Waals surface area contributed by atoms with Gasteiger partial charge in [-0.25, -0.2) is 9.59 Å². The SMILES string of the molecule is CCOC(=O)/C=C(/CCN(C)C(=O)OC(C)(C)C)B1OC(C)(C)C(C)(C)O1. The summed E-state index contributed by atoms with van der Waals surface area (Å²) in [6, 6.07) is 0. The first-order valence-corrected chi connectivity index (χ1v) is 9.35. The summed E-state index contributed by atoms with van der Waals surface area (Å²) in [5, 5.41) is 0. The predicted octanol–water partition coefficient (Wildman–Crippen LogP) is 3.36. The van der Waals surface area contributed by atoms with Crippen molar-refractivity contribution in [3.05, 3.63) is 11.5 Å². The molecule has 0 aromatic carbocycles. The number of amides is 1. The van der Waals surface area contributed by atoms with Crippen molar-refractivity contribution in [3.63, 3.8) is 0 Å². The Balaban J connectivity index is 2.89. The van der Waals surface area contributed by atoms with Crippen LogP contribution in [0.1, 0.15) is 61.8 Å². The molecule has 1 saturated heterocycles. The zero-order valence-corrected chi connectivity index (χ0v) is 18.2. The molecule has 1 rings (SSSR count). The van der Waals surface area contributed by atoms with E-state index in [-0.39, 0.29) is 6.61 Å². The molecule has 1 fully saturated rings. The molecule has 154 valence electrons. The maximum Gasteiger partial charge on any atom is 0.490 e. The molecule has 1 aliphatic rings. The number of carbonyl (C=O) groups excluding carboxylic acids is 2. The Morgan fingerprint density at radius 1 is 1.11 bits per heavy atom. The Kier molecular flexibility index (Phi) is 7.53. The largest absolute Gasteiger partial charge is 0.490 e. The highest BCUT2D eigenvalue weighted by Crippen LogP contribution is 2.39. The standard InChI is InChI=1S/C19H34BNO6/c1-10-24-15(22)13-14(20-26-18(5,6)19(7,8)27-20)11-12-21(9)16(23)25-17(2,3)4/h13H,10-12H2,1-9H3/b14-13-. The molecule has 0 N–H and O–H groups in total. The zero-order valence-electron chi connectivity index (χ0n) is 18.2. The summed E-state index contributed by atoms with van der Waals surface area (Å²) in [4.78, 5) is 25.6. The van der Waals surface area contributed by atoms with E-state index in [1.165, 1.54) is 11.0 Å². The molecule has 0 unspecified atom stereocenters. The van der Waals surface area contributed by atoms with E-state index in [0.29, 0.717) is 18.4 Å². The average Bonchev–Trinajstić information content (AvgIpc) is 2.69. The second-order valence-electron chi connectivity index (χ2n) is 8.71. The van der Waals surface area contributed by atoms with Crippen molar-refractivity contribution in [2.75, 3.05) is 20.2 Å². The molecule has 1 aliphatic heterocycles. The minimum absolute atomic E-state index is 0.282. The van der Waals surface area contributed by atoms with Crippen LogP contribution < -0.4 is 0 Å². The third kappa shape index (κ3) is 6.85. The van der Waals surface area contributed by atoms with Gasteiger partial charge in [0.25, 0.3) is 0 Å². The van der Waals surface area contributed by atoms with E-state index >= 15 is 0 Å². The second-order valence-corrected chi connectivity index (χ2v) is 8.71. The molecule has 7 nitrogen and oxygen atoms in total. The van der Waals surface area contributed by atoms with Gasteiger partial charge < -0.3 is 23.7 Å². The molecule has 0 atom stereocenters. The summed E-state index contributed by atoms with van der Waals surface area (Å²) >= 11 is 0. The first-order chi connectivity index (χ1) is 12.2. The van der Waals surface area contributed by atoms with Gasteiger partial charge in [-0.1, -0.05) is 0 Å². The van der Waals surface area contributed by atoms with Gasteiger partial charge in [0, 0.05) is 19.7 Å². The van der Waals surface area contributed by atoms with Crippen LogP contribution in [0.2, 0.25) is 0 Å². The van der Waals surface area contributed by atoms with E-state index in [0.717, 1.165) is 0 Å². The van der Waals surface area contributed by atoms with Crippen molar-refractivity contribution in [1.82, 2.24) is 4.90 Å². The van der Waals surface area contributed by atoms with Crippen LogP contribution in [0, 0.1) is 0 Å². The summed E-state index contributed by atoms with van der Waals surface area (Å²) in [5.74, 6) is -0.456. The molecule has 8 heteroatoms. The number of nitrogens with zero attached hydrogens (tertiary/aromatic N) is 1. The Morgan fingerprint density at radius 2 is 1.63 bits per heavy atom. The Morgan fingerprint density at radius 3 is 2.07 bits per heavy atom. The van der Waals surface area contributed by atoms with Crippen LogP contribution in [0.4, 0.5) is 4.79 Å². The van der Waals surface area contributed by atoms with Gasteiger partial charge in [0.1, 0.15) is 5.60 Å². The highest BCUT2D eigenvalue weighted by atomic mass is 16.7. The normalized spacial score (nSPS) is 19.0. The highest BCUT2D eigenvalue weighted by molar-refractivity contribution is 6.55. The molecule has 0 aromatic rings. The van der Waals surface area contributed by atoms with E-state index in [2.05, 4.69) is 0 Å². The third-order valence-electron chi connectivity index (χ3n) is 4.59. The Labute approximate surface area is 163 Å². The molecule has 0 radical (unpaired) electrons. The monoisotopic (exact) mass is 383 g/mol. The van der Waals surface area contributed by atoms with Gasteiger partial charge in [0.15, 0.2) is 0 Å². The van der Waals surface area contributed by atoms with E-state index in [1.807, 2.05) is 48.5 Å². The van der Waals surface area contributed by atoms with Gasteiger partial charge in [-0.2, -0.15) is 0 Å². The van der Waals surface area contributed by atoms with Crippen molar-refractivity contribution in [2.45, 2.75) is 78.6 Å². The van der Waals surface area contributed by atoms with E-state index in [9.17, 15) is 9.59 Å². The summed E-state index contributed by atoms with van der Waals surface area (Å²) in [6.45, 7) is 15.6. The van der Waals surface area contributed by atoms with Gasteiger partial charge in [0.05, 0.1) is 17.8 Å². The Bertz CT molecular complexity index is 563. The highest BCUT2D eigenvalue weighted by Gasteiger charge is 2.52. The minimum atomic E-state index is -0.675. The number of hydrogen-bond donors (Lipinski definition) is 0. The fraction of sp³-hybridized carbons (Fsp3) is 0.789. The molecule has 1 heterocycles. The van der Waals surface area contributed by atoms with Crippen LogP contribution in [0.15, 0.2) is 11.5 Å². The number of esters is 1. The molecule has 27 heavy (non-hydrogen) atoms.